The minimum absolute atomic E-state index is 0.00438. The van der Waals surface area contributed by atoms with E-state index >= 15 is 0 Å². The maximum Gasteiger partial charge on any atom is 0.242 e. The highest BCUT2D eigenvalue weighted by Gasteiger charge is 2.39. The largest absolute Gasteiger partial charge is 0.325 e. The lowest BCUT2D eigenvalue weighted by Gasteiger charge is -2.16. The van der Waals surface area contributed by atoms with Crippen LogP contribution in [0.3, 0.4) is 0 Å². The molecule has 168 valence electrons. The van der Waals surface area contributed by atoms with Crippen molar-refractivity contribution in [1.29, 1.82) is 0 Å². The number of halogens is 2. The van der Waals surface area contributed by atoms with E-state index in [4.69, 9.17) is 11.6 Å². The predicted molar refractivity (Wildman–Crippen MR) is 131 cm³/mol. The second-order valence-corrected chi connectivity index (χ2v) is 9.01. The van der Waals surface area contributed by atoms with Crippen LogP contribution >= 0.6 is 23.4 Å². The van der Waals surface area contributed by atoms with Gasteiger partial charge >= 0.3 is 0 Å². The number of thioether (sulfide) groups is 1. The number of aliphatic imine (C=N–C) groups is 1. The van der Waals surface area contributed by atoms with Gasteiger partial charge in [-0.1, -0.05) is 65.8 Å². The number of rotatable bonds is 7. The standard InChI is InChI=1S/C25H21ClFN3O2S/c26-20-8-4-5-9-21(20)29-23(31)16-22-24(32)30(15-14-17-10-12-18(27)13-11-17)25(33-22)28-19-6-2-1-3-7-19/h1-13,22H,14-16H2,(H,29,31). The van der Waals surface area contributed by atoms with Crippen LogP contribution in [-0.4, -0.2) is 33.7 Å². The third-order valence-electron chi connectivity index (χ3n) is 5.06. The molecule has 3 aromatic rings. The molecule has 1 unspecified atom stereocenters. The van der Waals surface area contributed by atoms with Crippen LogP contribution in [0.2, 0.25) is 5.02 Å². The van der Waals surface area contributed by atoms with E-state index in [1.807, 2.05) is 30.3 Å². The summed E-state index contributed by atoms with van der Waals surface area (Å²) in [6.45, 7) is 0.381. The van der Waals surface area contributed by atoms with Crippen molar-refractivity contribution in [3.8, 4) is 0 Å². The fourth-order valence-electron chi connectivity index (χ4n) is 3.37. The first-order chi connectivity index (χ1) is 16.0. The number of benzene rings is 3. The Morgan fingerprint density at radius 2 is 1.73 bits per heavy atom. The SMILES string of the molecule is O=C(CC1SC(=Nc2ccccc2)N(CCc2ccc(F)cc2)C1=O)Nc1ccccc1Cl. The van der Waals surface area contributed by atoms with Crippen molar-refractivity contribution in [3.63, 3.8) is 0 Å². The normalized spacial score (nSPS) is 16.9. The van der Waals surface area contributed by atoms with Crippen molar-refractivity contribution < 1.29 is 14.0 Å². The van der Waals surface area contributed by atoms with Crippen molar-refractivity contribution in [2.45, 2.75) is 18.1 Å². The molecule has 1 saturated heterocycles. The number of para-hydroxylation sites is 2. The molecule has 5 nitrogen and oxygen atoms in total. The maximum atomic E-state index is 13.2. The number of hydrogen-bond acceptors (Lipinski definition) is 4. The molecule has 1 heterocycles. The number of amides is 2. The van der Waals surface area contributed by atoms with E-state index in [0.717, 1.165) is 11.3 Å². The van der Waals surface area contributed by atoms with Gasteiger partial charge in [-0.25, -0.2) is 9.38 Å². The predicted octanol–water partition coefficient (Wildman–Crippen LogP) is 5.68. The molecule has 8 heteroatoms. The van der Waals surface area contributed by atoms with Crippen LogP contribution in [0.15, 0.2) is 83.9 Å². The van der Waals surface area contributed by atoms with Gasteiger partial charge in [-0.05, 0) is 48.4 Å². The molecule has 1 aliphatic heterocycles. The fraction of sp³-hybridized carbons (Fsp3) is 0.160. The quantitative estimate of drug-likeness (QED) is 0.472. The number of nitrogens with one attached hydrogen (secondary N) is 1. The third-order valence-corrected chi connectivity index (χ3v) is 6.56. The highest BCUT2D eigenvalue weighted by Crippen LogP contribution is 2.32. The third kappa shape index (κ3) is 6.00. The zero-order chi connectivity index (χ0) is 23.2. The Morgan fingerprint density at radius 1 is 1.03 bits per heavy atom. The van der Waals surface area contributed by atoms with Crippen molar-refractivity contribution in [1.82, 2.24) is 4.90 Å². The van der Waals surface area contributed by atoms with Gasteiger partial charge in [0.15, 0.2) is 5.17 Å². The Kier molecular flexibility index (Phi) is 7.42. The van der Waals surface area contributed by atoms with Crippen molar-refractivity contribution >= 4 is 51.7 Å². The zero-order valence-corrected chi connectivity index (χ0v) is 19.2. The molecular weight excluding hydrogens is 461 g/mol. The number of amidine groups is 1. The van der Waals surface area contributed by atoms with Crippen LogP contribution in [0, 0.1) is 5.82 Å². The monoisotopic (exact) mass is 481 g/mol. The minimum atomic E-state index is -0.594. The molecule has 1 fully saturated rings. The maximum absolute atomic E-state index is 13.2. The molecule has 1 atom stereocenters. The second-order valence-electron chi connectivity index (χ2n) is 7.43. The molecule has 1 aliphatic rings. The lowest BCUT2D eigenvalue weighted by atomic mass is 10.1. The first kappa shape index (κ1) is 23.0. The van der Waals surface area contributed by atoms with Crippen LogP contribution in [0.4, 0.5) is 15.8 Å². The highest BCUT2D eigenvalue weighted by atomic mass is 35.5. The topological polar surface area (TPSA) is 61.8 Å². The molecule has 0 radical (unpaired) electrons. The average Bonchev–Trinajstić information content (AvgIpc) is 3.09. The molecule has 0 saturated carbocycles. The molecule has 0 aliphatic carbocycles. The number of anilines is 1. The van der Waals surface area contributed by atoms with Crippen LogP contribution in [0.1, 0.15) is 12.0 Å². The smallest absolute Gasteiger partial charge is 0.242 e. The number of carbonyl (C=O) groups excluding carboxylic acids is 2. The van der Waals surface area contributed by atoms with Gasteiger partial charge in [-0.3, -0.25) is 14.5 Å². The Hall–Kier alpha value is -3.16. The first-order valence-corrected chi connectivity index (χ1v) is 11.7. The van der Waals surface area contributed by atoms with Crippen molar-refractivity contribution in [3.05, 3.63) is 95.3 Å². The molecule has 33 heavy (non-hydrogen) atoms. The van der Waals surface area contributed by atoms with Gasteiger partial charge in [0.1, 0.15) is 11.1 Å². The summed E-state index contributed by atoms with van der Waals surface area (Å²) in [7, 11) is 0. The van der Waals surface area contributed by atoms with Gasteiger partial charge < -0.3 is 5.32 Å². The number of hydrogen-bond donors (Lipinski definition) is 1. The van der Waals surface area contributed by atoms with Crippen LogP contribution in [-0.2, 0) is 16.0 Å². The molecule has 0 bridgehead atoms. The van der Waals surface area contributed by atoms with Crippen molar-refractivity contribution in [2.24, 2.45) is 4.99 Å². The first-order valence-electron chi connectivity index (χ1n) is 10.4. The van der Waals surface area contributed by atoms with Gasteiger partial charge in [-0.2, -0.15) is 0 Å². The minimum Gasteiger partial charge on any atom is -0.325 e. The van der Waals surface area contributed by atoms with E-state index in [9.17, 15) is 14.0 Å². The van der Waals surface area contributed by atoms with E-state index in [-0.39, 0.29) is 24.1 Å². The summed E-state index contributed by atoms with van der Waals surface area (Å²) in [6.07, 6.45) is 0.536. The fourth-order valence-corrected chi connectivity index (χ4v) is 4.73. The average molecular weight is 482 g/mol. The molecule has 0 spiro atoms. The van der Waals surface area contributed by atoms with Gasteiger partial charge in [0.2, 0.25) is 11.8 Å². The summed E-state index contributed by atoms with van der Waals surface area (Å²) >= 11 is 7.40. The summed E-state index contributed by atoms with van der Waals surface area (Å²) < 4.78 is 13.2. The summed E-state index contributed by atoms with van der Waals surface area (Å²) in [5, 5.41) is 3.15. The molecule has 4 rings (SSSR count). The van der Waals surface area contributed by atoms with Gasteiger partial charge in [-0.15, -0.1) is 0 Å². The lowest BCUT2D eigenvalue weighted by molar-refractivity contribution is -0.128. The van der Waals surface area contributed by atoms with E-state index in [2.05, 4.69) is 10.3 Å². The Balaban J connectivity index is 1.49. The summed E-state index contributed by atoms with van der Waals surface area (Å²) in [4.78, 5) is 32.1. The van der Waals surface area contributed by atoms with Crippen LogP contribution in [0.25, 0.3) is 0 Å². The van der Waals surface area contributed by atoms with E-state index in [1.165, 1.54) is 23.9 Å². The van der Waals surface area contributed by atoms with Crippen LogP contribution < -0.4 is 5.32 Å². The Morgan fingerprint density at radius 3 is 2.45 bits per heavy atom. The van der Waals surface area contributed by atoms with E-state index in [0.29, 0.717) is 28.8 Å². The van der Waals surface area contributed by atoms with Crippen molar-refractivity contribution in [2.75, 3.05) is 11.9 Å². The Bertz CT molecular complexity index is 1170. The lowest BCUT2D eigenvalue weighted by Crippen LogP contribution is -2.35. The molecule has 3 aromatic carbocycles. The van der Waals surface area contributed by atoms with Gasteiger partial charge in [0.25, 0.3) is 0 Å². The summed E-state index contributed by atoms with van der Waals surface area (Å²) in [5.74, 6) is -0.776. The second kappa shape index (κ2) is 10.6. The number of nitrogens with zero attached hydrogens (tertiary/aromatic N) is 2. The van der Waals surface area contributed by atoms with E-state index in [1.54, 1.807) is 41.3 Å². The molecule has 0 aromatic heterocycles. The summed E-state index contributed by atoms with van der Waals surface area (Å²) in [5.41, 5.74) is 2.14. The van der Waals surface area contributed by atoms with Gasteiger partial charge in [0, 0.05) is 13.0 Å². The number of carbonyl (C=O) groups is 2. The highest BCUT2D eigenvalue weighted by molar-refractivity contribution is 8.15. The Labute approximate surface area is 200 Å². The van der Waals surface area contributed by atoms with Gasteiger partial charge in [0.05, 0.1) is 16.4 Å². The zero-order valence-electron chi connectivity index (χ0n) is 17.6. The molecule has 1 N–H and O–H groups in total. The van der Waals surface area contributed by atoms with E-state index < -0.39 is 5.25 Å². The summed E-state index contributed by atoms with van der Waals surface area (Å²) in [6, 6.07) is 22.5. The molecule has 2 amide bonds. The van der Waals surface area contributed by atoms with Crippen LogP contribution in [0.5, 0.6) is 0 Å². The molecular formula is C25H21ClFN3O2S.